The summed E-state index contributed by atoms with van der Waals surface area (Å²) in [7, 11) is -3.69. The second-order valence-corrected chi connectivity index (χ2v) is 10.4. The van der Waals surface area contributed by atoms with Gasteiger partial charge in [0, 0.05) is 11.7 Å². The van der Waals surface area contributed by atoms with E-state index in [1.54, 1.807) is 47.9 Å². The Bertz CT molecular complexity index is 1260. The molecule has 9 heteroatoms. The lowest BCUT2D eigenvalue weighted by Gasteiger charge is -2.28. The first kappa shape index (κ1) is 22.0. The van der Waals surface area contributed by atoms with Crippen LogP contribution in [0.15, 0.2) is 47.3 Å². The van der Waals surface area contributed by atoms with Crippen molar-refractivity contribution in [2.24, 2.45) is 0 Å². The van der Waals surface area contributed by atoms with E-state index in [1.165, 1.54) is 0 Å². The predicted molar refractivity (Wildman–Crippen MR) is 123 cm³/mol. The monoisotopic (exact) mass is 447 g/mol. The highest BCUT2D eigenvalue weighted by Crippen LogP contribution is 2.26. The molecule has 1 atom stereocenters. The van der Waals surface area contributed by atoms with Crippen molar-refractivity contribution >= 4 is 48.9 Å². The summed E-state index contributed by atoms with van der Waals surface area (Å²) in [6.07, 6.45) is 1.08. The summed E-state index contributed by atoms with van der Waals surface area (Å²) in [4.78, 5) is 25.1. The van der Waals surface area contributed by atoms with Crippen molar-refractivity contribution in [2.45, 2.75) is 39.8 Å². The highest BCUT2D eigenvalue weighted by atomic mass is 32.2. The van der Waals surface area contributed by atoms with Crippen LogP contribution in [0.1, 0.15) is 32.4 Å². The summed E-state index contributed by atoms with van der Waals surface area (Å²) < 4.78 is 28.4. The molecule has 1 heterocycles. The topological polar surface area (TPSA) is 88.5 Å². The first-order chi connectivity index (χ1) is 14.0. The number of hydrogen-bond donors (Lipinski definition) is 1. The van der Waals surface area contributed by atoms with Gasteiger partial charge in [0.1, 0.15) is 6.04 Å². The van der Waals surface area contributed by atoms with Crippen molar-refractivity contribution in [1.82, 2.24) is 4.57 Å². The number of amides is 1. The molecule has 3 aromatic rings. The summed E-state index contributed by atoms with van der Waals surface area (Å²) in [6.45, 7) is 7.29. The summed E-state index contributed by atoms with van der Waals surface area (Å²) in [5.74, 6) is -0.461. The van der Waals surface area contributed by atoms with Gasteiger partial charge in [-0.3, -0.25) is 18.5 Å². The van der Waals surface area contributed by atoms with Crippen LogP contribution in [0.5, 0.6) is 0 Å². The Morgan fingerprint density at radius 2 is 1.83 bits per heavy atom. The molecule has 1 amide bonds. The minimum Gasteiger partial charge on any atom is -0.324 e. The van der Waals surface area contributed by atoms with E-state index in [9.17, 15) is 18.0 Å². The van der Waals surface area contributed by atoms with Gasteiger partial charge in [-0.15, -0.1) is 0 Å². The summed E-state index contributed by atoms with van der Waals surface area (Å²) >= 11 is 1.12. The molecule has 7 nitrogen and oxygen atoms in total. The molecular formula is C21H25N3O4S2. The first-order valence-corrected chi connectivity index (χ1v) is 12.2. The van der Waals surface area contributed by atoms with Crippen molar-refractivity contribution in [3.8, 4) is 0 Å². The zero-order chi connectivity index (χ0) is 22.2. The quantitative estimate of drug-likeness (QED) is 0.623. The van der Waals surface area contributed by atoms with Gasteiger partial charge < -0.3 is 5.32 Å². The zero-order valence-corrected chi connectivity index (χ0v) is 19.2. The minimum absolute atomic E-state index is 0.0318. The third kappa shape index (κ3) is 4.41. The molecule has 0 radical (unpaired) electrons. The van der Waals surface area contributed by atoms with E-state index in [0.717, 1.165) is 37.7 Å². The Morgan fingerprint density at radius 3 is 2.43 bits per heavy atom. The van der Waals surface area contributed by atoms with Crippen LogP contribution in [0.3, 0.4) is 0 Å². The van der Waals surface area contributed by atoms with Crippen molar-refractivity contribution < 1.29 is 13.2 Å². The van der Waals surface area contributed by atoms with E-state index in [2.05, 4.69) is 5.32 Å². The lowest BCUT2D eigenvalue weighted by atomic mass is 10.2. The third-order valence-corrected chi connectivity index (χ3v) is 6.90. The van der Waals surface area contributed by atoms with Crippen LogP contribution in [0, 0.1) is 6.92 Å². The van der Waals surface area contributed by atoms with Crippen LogP contribution in [-0.4, -0.2) is 31.2 Å². The second kappa shape index (κ2) is 8.23. The molecule has 1 aromatic heterocycles. The van der Waals surface area contributed by atoms with Gasteiger partial charge in [-0.25, -0.2) is 8.42 Å². The number of sulfonamides is 1. The summed E-state index contributed by atoms with van der Waals surface area (Å²) in [6, 6.07) is 11.3. The van der Waals surface area contributed by atoms with Crippen molar-refractivity contribution in [3.05, 3.63) is 57.7 Å². The van der Waals surface area contributed by atoms with E-state index in [1.807, 2.05) is 26.8 Å². The normalized spacial score (nSPS) is 12.9. The number of hydrogen-bond acceptors (Lipinski definition) is 5. The highest BCUT2D eigenvalue weighted by Gasteiger charge is 2.29. The Balaban J connectivity index is 1.91. The maximum Gasteiger partial charge on any atom is 0.308 e. The van der Waals surface area contributed by atoms with Crippen molar-refractivity contribution in [2.75, 3.05) is 15.9 Å². The van der Waals surface area contributed by atoms with Gasteiger partial charge >= 0.3 is 4.87 Å². The van der Waals surface area contributed by atoms with Crippen molar-refractivity contribution in [3.63, 3.8) is 0 Å². The van der Waals surface area contributed by atoms with E-state index in [4.69, 9.17) is 0 Å². The smallest absolute Gasteiger partial charge is 0.308 e. The first-order valence-electron chi connectivity index (χ1n) is 9.51. The number of nitrogens with one attached hydrogen (secondary N) is 1. The van der Waals surface area contributed by atoms with Crippen LogP contribution in [0.25, 0.3) is 10.2 Å². The van der Waals surface area contributed by atoms with Crippen LogP contribution in [0.4, 0.5) is 11.4 Å². The largest absolute Gasteiger partial charge is 0.324 e. The SMILES string of the molecule is Cc1cccc(N(C(C)C(=O)Nc2ccc3c(c2)sc(=O)n3C(C)C)S(C)(=O)=O)c1. The van der Waals surface area contributed by atoms with Gasteiger partial charge in [0.25, 0.3) is 0 Å². The average Bonchev–Trinajstić information content (AvgIpc) is 2.95. The molecule has 0 aliphatic rings. The lowest BCUT2D eigenvalue weighted by Crippen LogP contribution is -2.45. The van der Waals surface area contributed by atoms with Gasteiger partial charge in [-0.2, -0.15) is 0 Å². The Morgan fingerprint density at radius 1 is 1.13 bits per heavy atom. The highest BCUT2D eigenvalue weighted by molar-refractivity contribution is 7.92. The maximum atomic E-state index is 12.9. The van der Waals surface area contributed by atoms with Crippen LogP contribution in [0.2, 0.25) is 0 Å². The Kier molecular flexibility index (Phi) is 6.05. The molecule has 0 fully saturated rings. The molecule has 30 heavy (non-hydrogen) atoms. The van der Waals surface area contributed by atoms with Crippen LogP contribution < -0.4 is 14.5 Å². The fraction of sp³-hybridized carbons (Fsp3) is 0.333. The fourth-order valence-electron chi connectivity index (χ4n) is 3.42. The number of rotatable bonds is 6. The molecule has 0 bridgehead atoms. The molecule has 0 saturated carbocycles. The number of carbonyl (C=O) groups is 1. The number of aryl methyl sites for hydroxylation is 1. The number of anilines is 2. The van der Waals surface area contributed by atoms with E-state index >= 15 is 0 Å². The molecule has 3 rings (SSSR count). The Labute approximate surface area is 180 Å². The Hall–Kier alpha value is -2.65. The van der Waals surface area contributed by atoms with Gasteiger partial charge in [-0.1, -0.05) is 23.5 Å². The van der Waals surface area contributed by atoms with Crippen LogP contribution in [-0.2, 0) is 14.8 Å². The molecule has 1 unspecified atom stereocenters. The van der Waals surface area contributed by atoms with Gasteiger partial charge in [-0.05, 0) is 63.6 Å². The zero-order valence-electron chi connectivity index (χ0n) is 17.5. The number of aromatic nitrogens is 1. The summed E-state index contributed by atoms with van der Waals surface area (Å²) in [5, 5.41) is 2.78. The van der Waals surface area contributed by atoms with Gasteiger partial charge in [0.05, 0.1) is 22.2 Å². The van der Waals surface area contributed by atoms with E-state index < -0.39 is 22.0 Å². The molecular weight excluding hydrogens is 422 g/mol. The van der Waals surface area contributed by atoms with E-state index in [0.29, 0.717) is 11.4 Å². The minimum atomic E-state index is -3.69. The number of nitrogens with zero attached hydrogens (tertiary/aromatic N) is 2. The second-order valence-electron chi connectivity index (χ2n) is 7.58. The van der Waals surface area contributed by atoms with E-state index in [-0.39, 0.29) is 10.9 Å². The van der Waals surface area contributed by atoms with Crippen LogP contribution >= 0.6 is 11.3 Å². The standard InChI is InChI=1S/C21H25N3O4S2/c1-13(2)23-18-10-9-16(12-19(18)29-21(23)26)22-20(25)15(4)24(30(5,27)28)17-8-6-7-14(3)11-17/h6-13,15H,1-5H3,(H,22,25). The van der Waals surface area contributed by atoms with Gasteiger partial charge in [0.2, 0.25) is 15.9 Å². The molecule has 0 aliphatic carbocycles. The fourth-order valence-corrected chi connectivity index (χ4v) is 5.64. The summed E-state index contributed by atoms with van der Waals surface area (Å²) in [5.41, 5.74) is 2.64. The predicted octanol–water partition coefficient (Wildman–Crippen LogP) is 3.75. The number of fused-ring (bicyclic) bond motifs is 1. The average molecular weight is 448 g/mol. The molecule has 0 spiro atoms. The molecule has 0 saturated heterocycles. The van der Waals surface area contributed by atoms with Gasteiger partial charge in [0.15, 0.2) is 0 Å². The molecule has 160 valence electrons. The molecule has 0 aliphatic heterocycles. The molecule has 1 N–H and O–H groups in total. The maximum absolute atomic E-state index is 12.9. The van der Waals surface area contributed by atoms with Crippen molar-refractivity contribution in [1.29, 1.82) is 0 Å². The lowest BCUT2D eigenvalue weighted by molar-refractivity contribution is -0.116. The number of benzene rings is 2. The number of carbonyl (C=O) groups excluding carboxylic acids is 1. The molecule has 2 aromatic carbocycles. The number of thiazole rings is 1. The third-order valence-electron chi connectivity index (χ3n) is 4.74.